The summed E-state index contributed by atoms with van der Waals surface area (Å²) in [5.41, 5.74) is -0.0264. The Morgan fingerprint density at radius 1 is 1.00 bits per heavy atom. The molecule has 0 aromatic heterocycles. The summed E-state index contributed by atoms with van der Waals surface area (Å²) < 4.78 is 31.2. The highest BCUT2D eigenvalue weighted by Crippen LogP contribution is 2.12. The first-order valence-electron chi connectivity index (χ1n) is 6.24. The van der Waals surface area contributed by atoms with Gasteiger partial charge in [0.15, 0.2) is 6.10 Å². The second-order valence-electron chi connectivity index (χ2n) is 4.40. The standard InChI is InChI=1S/C16H12F2O3/c1-10(15(19)11-6-8-12(17)9-7-11)21-16(20)13-4-2-3-5-14(13)18/h2-10H,1H3/t10-/m1/s1. The minimum atomic E-state index is -1.09. The average Bonchev–Trinajstić information content (AvgIpc) is 2.47. The molecule has 1 atom stereocenters. The number of ketones is 1. The lowest BCUT2D eigenvalue weighted by Gasteiger charge is -2.12. The third-order valence-electron chi connectivity index (χ3n) is 2.88. The van der Waals surface area contributed by atoms with Crippen LogP contribution >= 0.6 is 0 Å². The van der Waals surface area contributed by atoms with E-state index in [4.69, 9.17) is 4.74 Å². The maximum Gasteiger partial charge on any atom is 0.341 e. The fraction of sp³-hybridized carbons (Fsp3) is 0.125. The molecule has 108 valence electrons. The molecule has 5 heteroatoms. The summed E-state index contributed by atoms with van der Waals surface area (Å²) in [5, 5.41) is 0. The molecule has 2 aromatic carbocycles. The summed E-state index contributed by atoms with van der Waals surface area (Å²) >= 11 is 0. The number of carbonyl (C=O) groups is 2. The third-order valence-corrected chi connectivity index (χ3v) is 2.88. The summed E-state index contributed by atoms with van der Waals surface area (Å²) in [7, 11) is 0. The van der Waals surface area contributed by atoms with Crippen molar-refractivity contribution in [1.29, 1.82) is 0 Å². The molecular formula is C16H12F2O3. The van der Waals surface area contributed by atoms with Crippen molar-refractivity contribution in [3.8, 4) is 0 Å². The van der Waals surface area contributed by atoms with E-state index in [2.05, 4.69) is 0 Å². The zero-order chi connectivity index (χ0) is 15.4. The maximum atomic E-state index is 13.4. The molecule has 0 N–H and O–H groups in total. The quantitative estimate of drug-likeness (QED) is 0.640. The second-order valence-corrected chi connectivity index (χ2v) is 4.40. The maximum absolute atomic E-state index is 13.4. The number of Topliss-reactive ketones (excluding diaryl/α,β-unsaturated/α-hetero) is 1. The Hall–Kier alpha value is -2.56. The second kappa shape index (κ2) is 6.26. The van der Waals surface area contributed by atoms with Gasteiger partial charge in [0.2, 0.25) is 5.78 Å². The van der Waals surface area contributed by atoms with E-state index in [0.717, 1.165) is 18.2 Å². The van der Waals surface area contributed by atoms with Gasteiger partial charge < -0.3 is 4.74 Å². The Kier molecular flexibility index (Phi) is 4.42. The van der Waals surface area contributed by atoms with Crippen molar-refractivity contribution >= 4 is 11.8 Å². The molecule has 0 radical (unpaired) electrons. The van der Waals surface area contributed by atoms with Crippen molar-refractivity contribution in [2.45, 2.75) is 13.0 Å². The number of hydrogen-bond acceptors (Lipinski definition) is 3. The predicted octanol–water partition coefficient (Wildman–Crippen LogP) is 3.39. The van der Waals surface area contributed by atoms with Gasteiger partial charge in [-0.15, -0.1) is 0 Å². The fourth-order valence-electron chi connectivity index (χ4n) is 1.75. The summed E-state index contributed by atoms with van der Waals surface area (Å²) in [4.78, 5) is 23.8. The molecule has 0 bridgehead atoms. The minimum absolute atomic E-state index is 0.213. The van der Waals surface area contributed by atoms with E-state index >= 15 is 0 Å². The highest BCUT2D eigenvalue weighted by molar-refractivity contribution is 6.01. The number of esters is 1. The zero-order valence-corrected chi connectivity index (χ0v) is 11.2. The van der Waals surface area contributed by atoms with Crippen molar-refractivity contribution in [2.24, 2.45) is 0 Å². The van der Waals surface area contributed by atoms with Crippen LogP contribution in [0.25, 0.3) is 0 Å². The lowest BCUT2D eigenvalue weighted by molar-refractivity contribution is 0.0314. The van der Waals surface area contributed by atoms with Crippen molar-refractivity contribution in [3.63, 3.8) is 0 Å². The van der Waals surface area contributed by atoms with E-state index in [1.165, 1.54) is 37.3 Å². The molecule has 0 saturated heterocycles. The van der Waals surface area contributed by atoms with Crippen molar-refractivity contribution < 1.29 is 23.1 Å². The summed E-state index contributed by atoms with van der Waals surface area (Å²) in [5.74, 6) is -2.60. The Morgan fingerprint density at radius 3 is 2.24 bits per heavy atom. The van der Waals surface area contributed by atoms with E-state index in [1.54, 1.807) is 0 Å². The zero-order valence-electron chi connectivity index (χ0n) is 11.2. The van der Waals surface area contributed by atoms with E-state index in [9.17, 15) is 18.4 Å². The molecule has 0 aliphatic carbocycles. The Balaban J connectivity index is 2.09. The third kappa shape index (κ3) is 3.51. The Morgan fingerprint density at radius 2 is 1.62 bits per heavy atom. The topological polar surface area (TPSA) is 43.4 Å². The minimum Gasteiger partial charge on any atom is -0.451 e. The lowest BCUT2D eigenvalue weighted by atomic mass is 10.1. The van der Waals surface area contributed by atoms with Gasteiger partial charge in [-0.2, -0.15) is 0 Å². The Bertz CT molecular complexity index is 665. The van der Waals surface area contributed by atoms with Crippen molar-refractivity contribution in [3.05, 3.63) is 71.3 Å². The van der Waals surface area contributed by atoms with E-state index < -0.39 is 29.5 Å². The normalized spacial score (nSPS) is 11.8. The number of carbonyl (C=O) groups excluding carboxylic acids is 2. The molecular weight excluding hydrogens is 278 g/mol. The van der Waals surface area contributed by atoms with Gasteiger partial charge >= 0.3 is 5.97 Å². The molecule has 0 saturated carbocycles. The largest absolute Gasteiger partial charge is 0.451 e. The molecule has 21 heavy (non-hydrogen) atoms. The van der Waals surface area contributed by atoms with Gasteiger partial charge in [-0.25, -0.2) is 13.6 Å². The van der Waals surface area contributed by atoms with Crippen LogP contribution in [0.3, 0.4) is 0 Å². The Labute approximate surface area is 120 Å². The van der Waals surface area contributed by atoms with Crippen LogP contribution in [0.15, 0.2) is 48.5 Å². The van der Waals surface area contributed by atoms with Gasteiger partial charge in [-0.05, 0) is 43.3 Å². The SMILES string of the molecule is C[C@@H](OC(=O)c1ccccc1F)C(=O)c1ccc(F)cc1. The molecule has 0 spiro atoms. The number of hydrogen-bond donors (Lipinski definition) is 0. The van der Waals surface area contributed by atoms with Gasteiger partial charge in [0.1, 0.15) is 11.6 Å². The molecule has 0 aliphatic rings. The summed E-state index contributed by atoms with van der Waals surface area (Å²) in [6.07, 6.45) is -1.09. The molecule has 3 nitrogen and oxygen atoms in total. The van der Waals surface area contributed by atoms with Crippen LogP contribution in [0.5, 0.6) is 0 Å². The smallest absolute Gasteiger partial charge is 0.341 e. The number of rotatable bonds is 4. The van der Waals surface area contributed by atoms with Crippen LogP contribution in [0.4, 0.5) is 8.78 Å². The molecule has 2 aromatic rings. The molecule has 0 aliphatic heterocycles. The van der Waals surface area contributed by atoms with Crippen molar-refractivity contribution in [1.82, 2.24) is 0 Å². The van der Waals surface area contributed by atoms with E-state index in [0.29, 0.717) is 0 Å². The van der Waals surface area contributed by atoms with Crippen LogP contribution in [0, 0.1) is 11.6 Å². The number of benzene rings is 2. The summed E-state index contributed by atoms with van der Waals surface area (Å²) in [6, 6.07) is 10.2. The van der Waals surface area contributed by atoms with Gasteiger partial charge in [-0.1, -0.05) is 12.1 Å². The van der Waals surface area contributed by atoms with E-state index in [1.807, 2.05) is 0 Å². The van der Waals surface area contributed by atoms with Gasteiger partial charge in [0.05, 0.1) is 5.56 Å². The highest BCUT2D eigenvalue weighted by Gasteiger charge is 2.21. The molecule has 0 heterocycles. The molecule has 0 unspecified atom stereocenters. The van der Waals surface area contributed by atoms with Crippen LogP contribution in [0.1, 0.15) is 27.6 Å². The van der Waals surface area contributed by atoms with E-state index in [-0.39, 0.29) is 11.1 Å². The number of halogens is 2. The molecule has 0 fully saturated rings. The first-order chi connectivity index (χ1) is 9.99. The van der Waals surface area contributed by atoms with Crippen LogP contribution in [-0.4, -0.2) is 17.9 Å². The fourth-order valence-corrected chi connectivity index (χ4v) is 1.75. The first-order valence-corrected chi connectivity index (χ1v) is 6.24. The predicted molar refractivity (Wildman–Crippen MR) is 72.0 cm³/mol. The van der Waals surface area contributed by atoms with Crippen molar-refractivity contribution in [2.75, 3.05) is 0 Å². The van der Waals surface area contributed by atoms with Gasteiger partial charge in [0, 0.05) is 5.56 Å². The highest BCUT2D eigenvalue weighted by atomic mass is 19.1. The lowest BCUT2D eigenvalue weighted by Crippen LogP contribution is -2.24. The van der Waals surface area contributed by atoms with Gasteiger partial charge in [-0.3, -0.25) is 4.79 Å². The number of ether oxygens (including phenoxy) is 1. The first kappa shape index (κ1) is 14.8. The van der Waals surface area contributed by atoms with Crippen LogP contribution in [-0.2, 0) is 4.74 Å². The van der Waals surface area contributed by atoms with Crippen LogP contribution in [0.2, 0.25) is 0 Å². The summed E-state index contributed by atoms with van der Waals surface area (Å²) in [6.45, 7) is 1.38. The molecule has 0 amide bonds. The van der Waals surface area contributed by atoms with Gasteiger partial charge in [0.25, 0.3) is 0 Å². The van der Waals surface area contributed by atoms with Crippen LogP contribution < -0.4 is 0 Å². The monoisotopic (exact) mass is 290 g/mol. The average molecular weight is 290 g/mol. The molecule has 2 rings (SSSR count).